The van der Waals surface area contributed by atoms with E-state index in [0.717, 1.165) is 24.0 Å². The first kappa shape index (κ1) is 40.1. The molecule has 0 atom stereocenters. The molecule has 16 heteroatoms. The van der Waals surface area contributed by atoms with Crippen LogP contribution >= 0.6 is 24.8 Å². The lowest BCUT2D eigenvalue weighted by molar-refractivity contribution is 0.0196. The molecule has 0 aromatic heterocycles. The molecule has 1 saturated carbocycles. The third-order valence-electron chi connectivity index (χ3n) is 9.14. The van der Waals surface area contributed by atoms with Gasteiger partial charge in [0.15, 0.2) is 0 Å². The molecule has 2 heterocycles. The number of amides is 6. The molecule has 0 bridgehead atoms. The molecule has 2 aliphatic heterocycles. The highest BCUT2D eigenvalue weighted by molar-refractivity contribution is 5.85. The van der Waals surface area contributed by atoms with Crippen molar-refractivity contribution in [3.8, 4) is 0 Å². The van der Waals surface area contributed by atoms with Gasteiger partial charge in [0.1, 0.15) is 12.2 Å². The minimum Gasteiger partial charge on any atom is -0.446 e. The summed E-state index contributed by atoms with van der Waals surface area (Å²) >= 11 is 0. The van der Waals surface area contributed by atoms with Gasteiger partial charge in [-0.2, -0.15) is 0 Å². The number of benzene rings is 2. The van der Waals surface area contributed by atoms with Crippen LogP contribution in [0.15, 0.2) is 48.5 Å². The third kappa shape index (κ3) is 11.9. The third-order valence-corrected chi connectivity index (χ3v) is 9.14. The molecule has 276 valence electrons. The average molecular weight is 738 g/mol. The van der Waals surface area contributed by atoms with Gasteiger partial charge in [0.25, 0.3) is 0 Å². The van der Waals surface area contributed by atoms with E-state index in [1.54, 1.807) is 43.9 Å². The smallest absolute Gasteiger partial charge is 0.410 e. The van der Waals surface area contributed by atoms with E-state index in [1.807, 2.05) is 24.3 Å². The Morgan fingerprint density at radius 2 is 0.840 bits per heavy atom. The number of nitrogens with zero attached hydrogens (tertiary/aromatic N) is 4. The van der Waals surface area contributed by atoms with Crippen LogP contribution in [0.5, 0.6) is 0 Å². The number of anilines is 2. The summed E-state index contributed by atoms with van der Waals surface area (Å²) in [6, 6.07) is 14.4. The van der Waals surface area contributed by atoms with Crippen LogP contribution < -0.4 is 22.1 Å². The number of nitrogens with two attached hydrogens (primary N) is 2. The maximum atomic E-state index is 12.9. The van der Waals surface area contributed by atoms with E-state index in [9.17, 15) is 19.2 Å². The van der Waals surface area contributed by atoms with Gasteiger partial charge in [-0.3, -0.25) is 0 Å². The van der Waals surface area contributed by atoms with Crippen LogP contribution in [0.25, 0.3) is 0 Å². The molecule has 2 aromatic carbocycles. The van der Waals surface area contributed by atoms with Crippen molar-refractivity contribution >= 4 is 60.4 Å². The van der Waals surface area contributed by atoms with Gasteiger partial charge < -0.3 is 51.2 Å². The molecule has 6 N–H and O–H groups in total. The summed E-state index contributed by atoms with van der Waals surface area (Å²) < 4.78 is 11.7. The number of carbonyl (C=O) groups is 4. The highest BCUT2D eigenvalue weighted by atomic mass is 35.5. The molecule has 0 unspecified atom stereocenters. The van der Waals surface area contributed by atoms with Gasteiger partial charge in [0.2, 0.25) is 0 Å². The van der Waals surface area contributed by atoms with Crippen LogP contribution in [-0.4, -0.2) is 108 Å². The average Bonchev–Trinajstić information content (AvgIpc) is 3.09. The predicted molar refractivity (Wildman–Crippen MR) is 195 cm³/mol. The van der Waals surface area contributed by atoms with E-state index in [1.165, 1.54) is 0 Å². The number of hydrogen-bond donors (Lipinski definition) is 4. The molecular formula is C34H50Cl2N8O6. The molecule has 14 nitrogen and oxygen atoms in total. The van der Waals surface area contributed by atoms with Crippen molar-refractivity contribution in [1.82, 2.24) is 30.2 Å². The van der Waals surface area contributed by atoms with Crippen molar-refractivity contribution in [2.45, 2.75) is 63.8 Å². The Bertz CT molecular complexity index is 1270. The number of halogens is 2. The fourth-order valence-corrected chi connectivity index (χ4v) is 6.14. The quantitative estimate of drug-likeness (QED) is 0.315. The lowest BCUT2D eigenvalue weighted by Crippen LogP contribution is -2.53. The number of urea groups is 2. The zero-order valence-corrected chi connectivity index (χ0v) is 29.9. The van der Waals surface area contributed by atoms with Crippen LogP contribution in [0.4, 0.5) is 30.6 Å². The Morgan fingerprint density at radius 1 is 0.540 bits per heavy atom. The maximum Gasteiger partial charge on any atom is 0.410 e. The lowest BCUT2D eigenvalue weighted by Gasteiger charge is -2.36. The summed E-state index contributed by atoms with van der Waals surface area (Å²) in [5, 5.41) is 5.84. The molecule has 0 spiro atoms. The summed E-state index contributed by atoms with van der Waals surface area (Å²) in [6.07, 6.45) is 3.32. The zero-order chi connectivity index (χ0) is 33.9. The SMILES string of the molecule is Cl.Cl.Nc1ccc(CNC(=O)N2CCN(C(=O)O[C@H]3CCC[C@@H](OC(=O)N4CCN(C(=O)NCc5ccc(N)cc5)CC4)CCC3)CC2)cc1. The Kier molecular flexibility index (Phi) is 15.9. The van der Waals surface area contributed by atoms with E-state index < -0.39 is 0 Å². The van der Waals surface area contributed by atoms with Gasteiger partial charge in [-0.1, -0.05) is 24.3 Å². The van der Waals surface area contributed by atoms with E-state index in [2.05, 4.69) is 10.6 Å². The molecule has 2 saturated heterocycles. The van der Waals surface area contributed by atoms with Crippen LogP contribution in [0, 0.1) is 0 Å². The van der Waals surface area contributed by atoms with Crippen molar-refractivity contribution < 1.29 is 28.7 Å². The van der Waals surface area contributed by atoms with Gasteiger partial charge in [0, 0.05) is 76.8 Å². The Balaban J connectivity index is 0.00000338. The molecule has 0 radical (unpaired) electrons. The second kappa shape index (κ2) is 19.8. The van der Waals surface area contributed by atoms with Crippen molar-refractivity contribution in [3.63, 3.8) is 0 Å². The summed E-state index contributed by atoms with van der Waals surface area (Å²) in [7, 11) is 0. The summed E-state index contributed by atoms with van der Waals surface area (Å²) in [6.45, 7) is 4.24. The van der Waals surface area contributed by atoms with Gasteiger partial charge in [-0.25, -0.2) is 19.2 Å². The highest BCUT2D eigenvalue weighted by Crippen LogP contribution is 2.24. The van der Waals surface area contributed by atoms with Gasteiger partial charge in [-0.05, 0) is 73.9 Å². The van der Waals surface area contributed by atoms with Crippen molar-refractivity contribution in [2.24, 2.45) is 0 Å². The second-order valence-corrected chi connectivity index (χ2v) is 12.6. The van der Waals surface area contributed by atoms with Crippen LogP contribution in [0.2, 0.25) is 0 Å². The van der Waals surface area contributed by atoms with Crippen LogP contribution in [0.1, 0.15) is 49.7 Å². The predicted octanol–water partition coefficient (Wildman–Crippen LogP) is 4.41. The summed E-state index contributed by atoms with van der Waals surface area (Å²) in [4.78, 5) is 57.8. The number of carbonyl (C=O) groups excluding carboxylic acids is 4. The molecular weight excluding hydrogens is 687 g/mol. The van der Waals surface area contributed by atoms with Gasteiger partial charge >= 0.3 is 24.2 Å². The normalized spacial score (nSPS) is 19.4. The molecule has 3 aliphatic rings. The first-order valence-corrected chi connectivity index (χ1v) is 16.9. The fourth-order valence-electron chi connectivity index (χ4n) is 6.14. The number of ether oxygens (including phenoxy) is 2. The van der Waals surface area contributed by atoms with Crippen molar-refractivity contribution in [2.75, 3.05) is 63.8 Å². The first-order valence-electron chi connectivity index (χ1n) is 16.9. The highest BCUT2D eigenvalue weighted by Gasteiger charge is 2.30. The van der Waals surface area contributed by atoms with E-state index >= 15 is 0 Å². The Labute approximate surface area is 305 Å². The molecule has 50 heavy (non-hydrogen) atoms. The Morgan fingerprint density at radius 3 is 1.16 bits per heavy atom. The molecule has 3 fully saturated rings. The molecule has 5 rings (SSSR count). The number of piperazine rings is 2. The number of nitrogens with one attached hydrogen (secondary N) is 2. The molecule has 6 amide bonds. The molecule has 2 aromatic rings. The lowest BCUT2D eigenvalue weighted by atomic mass is 9.96. The summed E-state index contributed by atoms with van der Waals surface area (Å²) in [5.74, 6) is 0. The topological polar surface area (TPSA) is 176 Å². The maximum absolute atomic E-state index is 12.9. The number of rotatable bonds is 6. The zero-order valence-electron chi connectivity index (χ0n) is 28.3. The monoisotopic (exact) mass is 736 g/mol. The van der Waals surface area contributed by atoms with Gasteiger partial charge in [-0.15, -0.1) is 24.8 Å². The minimum absolute atomic E-state index is 0. The van der Waals surface area contributed by atoms with E-state index in [-0.39, 0.29) is 61.3 Å². The second-order valence-electron chi connectivity index (χ2n) is 12.6. The fraction of sp³-hybridized carbons (Fsp3) is 0.529. The van der Waals surface area contributed by atoms with Crippen molar-refractivity contribution in [3.05, 3.63) is 59.7 Å². The van der Waals surface area contributed by atoms with E-state index in [0.29, 0.717) is 103 Å². The largest absolute Gasteiger partial charge is 0.446 e. The van der Waals surface area contributed by atoms with E-state index in [4.69, 9.17) is 20.9 Å². The summed E-state index contributed by atoms with van der Waals surface area (Å²) in [5.41, 5.74) is 14.7. The standard InChI is InChI=1S/C34H48N8O6.2ClH/c35-27-11-7-25(8-12-27)23-37-31(43)39-15-19-41(20-16-39)33(45)47-29-3-1-4-30(6-2-5-29)48-34(46)42-21-17-40(18-22-42)32(44)38-24-26-9-13-28(36)14-10-26;;/h7-14,29-30H,1-6,15-24,35-36H2,(H,37,43)(H,38,44);2*1H/t29-,30+;;. The number of nitrogen functional groups attached to an aromatic ring is 2. The van der Waals surface area contributed by atoms with Crippen LogP contribution in [0.3, 0.4) is 0 Å². The van der Waals surface area contributed by atoms with Crippen LogP contribution in [-0.2, 0) is 22.6 Å². The minimum atomic E-state index is -0.344. The first-order chi connectivity index (χ1) is 23.2. The number of hydrogen-bond acceptors (Lipinski definition) is 8. The van der Waals surface area contributed by atoms with Crippen molar-refractivity contribution in [1.29, 1.82) is 0 Å². The van der Waals surface area contributed by atoms with Gasteiger partial charge in [0.05, 0.1) is 0 Å². The Hall–Kier alpha value is -4.30. The molecule has 1 aliphatic carbocycles.